The first-order valence-electron chi connectivity index (χ1n) is 6.16. The number of nitrogens with zero attached hydrogens (tertiary/aromatic N) is 1. The van der Waals surface area contributed by atoms with Gasteiger partial charge in [-0.2, -0.15) is 0 Å². The molecule has 1 atom stereocenters. The summed E-state index contributed by atoms with van der Waals surface area (Å²) in [5.41, 5.74) is 2.94. The number of aromatic nitrogens is 1. The van der Waals surface area contributed by atoms with Crippen LogP contribution in [0.5, 0.6) is 0 Å². The number of hydrogen-bond donors (Lipinski definition) is 1. The van der Waals surface area contributed by atoms with Crippen molar-refractivity contribution in [2.75, 3.05) is 11.9 Å². The van der Waals surface area contributed by atoms with Gasteiger partial charge in [0, 0.05) is 6.54 Å². The van der Waals surface area contributed by atoms with Gasteiger partial charge in [0.25, 0.3) is 0 Å². The first kappa shape index (κ1) is 11.0. The van der Waals surface area contributed by atoms with Crippen LogP contribution in [0.2, 0.25) is 0 Å². The Morgan fingerprint density at radius 3 is 2.94 bits per heavy atom. The zero-order valence-electron chi connectivity index (χ0n) is 10.6. The zero-order valence-corrected chi connectivity index (χ0v) is 11.4. The number of hydrogen-bond acceptors (Lipinski definition) is 3. The van der Waals surface area contributed by atoms with E-state index in [0.717, 1.165) is 23.1 Å². The number of nitrogens with one attached hydrogen (secondary N) is 1. The van der Waals surface area contributed by atoms with E-state index < -0.39 is 0 Å². The molecule has 1 saturated carbocycles. The third-order valence-electron chi connectivity index (χ3n) is 3.76. The molecule has 0 bridgehead atoms. The van der Waals surface area contributed by atoms with Gasteiger partial charge in [0.1, 0.15) is 0 Å². The molecule has 1 aliphatic rings. The molecular weight excluding hydrogens is 228 g/mol. The van der Waals surface area contributed by atoms with Crippen molar-refractivity contribution >= 4 is 26.7 Å². The molecule has 1 heterocycles. The second kappa shape index (κ2) is 3.70. The number of rotatable bonds is 3. The molecule has 3 heteroatoms. The number of benzene rings is 1. The lowest BCUT2D eigenvalue weighted by atomic mass is 10.1. The predicted molar refractivity (Wildman–Crippen MR) is 74.7 cm³/mol. The van der Waals surface area contributed by atoms with Crippen LogP contribution in [0.3, 0.4) is 0 Å². The van der Waals surface area contributed by atoms with Crippen molar-refractivity contribution in [1.29, 1.82) is 0 Å². The smallest absolute Gasteiger partial charge is 0.183 e. The number of anilines is 1. The van der Waals surface area contributed by atoms with E-state index in [1.807, 2.05) is 0 Å². The van der Waals surface area contributed by atoms with Gasteiger partial charge in [-0.25, -0.2) is 4.98 Å². The van der Waals surface area contributed by atoms with E-state index >= 15 is 0 Å². The van der Waals surface area contributed by atoms with Gasteiger partial charge in [-0.3, -0.25) is 0 Å². The quantitative estimate of drug-likeness (QED) is 0.883. The summed E-state index contributed by atoms with van der Waals surface area (Å²) in [6, 6.07) is 6.46. The van der Waals surface area contributed by atoms with Crippen LogP contribution < -0.4 is 5.32 Å². The van der Waals surface area contributed by atoms with Crippen molar-refractivity contribution in [2.45, 2.75) is 27.2 Å². The second-order valence-corrected chi connectivity index (χ2v) is 6.79. The van der Waals surface area contributed by atoms with Crippen LogP contribution in [-0.2, 0) is 0 Å². The van der Waals surface area contributed by atoms with E-state index in [4.69, 9.17) is 0 Å². The third kappa shape index (κ3) is 2.16. The highest BCUT2D eigenvalue weighted by Gasteiger charge is 2.45. The molecule has 90 valence electrons. The van der Waals surface area contributed by atoms with Crippen molar-refractivity contribution in [3.05, 3.63) is 23.8 Å². The Hall–Kier alpha value is -1.09. The van der Waals surface area contributed by atoms with Crippen LogP contribution in [0.25, 0.3) is 10.2 Å². The lowest BCUT2D eigenvalue weighted by Gasteiger charge is -2.03. The van der Waals surface area contributed by atoms with Gasteiger partial charge in [0.15, 0.2) is 5.13 Å². The average Bonchev–Trinajstić information content (AvgIpc) is 2.71. The van der Waals surface area contributed by atoms with Crippen LogP contribution in [0, 0.1) is 18.3 Å². The molecule has 1 N–H and O–H groups in total. The molecule has 2 nitrogen and oxygen atoms in total. The van der Waals surface area contributed by atoms with Gasteiger partial charge in [-0.15, -0.1) is 0 Å². The molecule has 3 rings (SSSR count). The second-order valence-electron chi connectivity index (χ2n) is 5.76. The van der Waals surface area contributed by atoms with Crippen molar-refractivity contribution in [3.8, 4) is 0 Å². The zero-order chi connectivity index (χ0) is 12.0. The molecule has 17 heavy (non-hydrogen) atoms. The third-order valence-corrected chi connectivity index (χ3v) is 4.75. The molecule has 0 spiro atoms. The van der Waals surface area contributed by atoms with Gasteiger partial charge < -0.3 is 5.32 Å². The number of fused-ring (bicyclic) bond motifs is 1. The maximum Gasteiger partial charge on any atom is 0.183 e. The Labute approximate surface area is 106 Å². The Morgan fingerprint density at radius 1 is 1.47 bits per heavy atom. The van der Waals surface area contributed by atoms with E-state index in [1.165, 1.54) is 16.7 Å². The fourth-order valence-electron chi connectivity index (χ4n) is 2.25. The molecule has 2 aromatic rings. The minimum atomic E-state index is 0.542. The highest BCUT2D eigenvalue weighted by Crippen LogP contribution is 2.51. The standard InChI is InChI=1S/C14H18N2S/c1-9-4-5-12-11(6-9)16-13(17-12)15-8-10-7-14(10,2)3/h4-6,10H,7-8H2,1-3H3,(H,15,16). The van der Waals surface area contributed by atoms with Crippen LogP contribution in [0.1, 0.15) is 25.8 Å². The Balaban J connectivity index is 1.73. The Kier molecular flexibility index (Phi) is 2.40. The molecule has 0 aliphatic heterocycles. The highest BCUT2D eigenvalue weighted by molar-refractivity contribution is 7.22. The van der Waals surface area contributed by atoms with E-state index in [-0.39, 0.29) is 0 Å². The van der Waals surface area contributed by atoms with Gasteiger partial charge in [0.2, 0.25) is 0 Å². The molecule has 0 saturated heterocycles. The summed E-state index contributed by atoms with van der Waals surface area (Å²) in [6.45, 7) is 7.84. The number of thiazole rings is 1. The molecule has 1 aromatic carbocycles. The summed E-state index contributed by atoms with van der Waals surface area (Å²) in [7, 11) is 0. The molecule has 1 aromatic heterocycles. The van der Waals surface area contributed by atoms with E-state index in [1.54, 1.807) is 11.3 Å². The maximum absolute atomic E-state index is 4.63. The lowest BCUT2D eigenvalue weighted by Crippen LogP contribution is -2.06. The van der Waals surface area contributed by atoms with Gasteiger partial charge >= 0.3 is 0 Å². The normalized spacial score (nSPS) is 21.7. The Morgan fingerprint density at radius 2 is 2.24 bits per heavy atom. The minimum Gasteiger partial charge on any atom is -0.361 e. The topological polar surface area (TPSA) is 24.9 Å². The summed E-state index contributed by atoms with van der Waals surface area (Å²) in [6.07, 6.45) is 1.34. The highest BCUT2D eigenvalue weighted by atomic mass is 32.1. The summed E-state index contributed by atoms with van der Waals surface area (Å²) < 4.78 is 1.27. The van der Waals surface area contributed by atoms with Crippen molar-refractivity contribution in [1.82, 2.24) is 4.98 Å². The van der Waals surface area contributed by atoms with Crippen molar-refractivity contribution in [2.24, 2.45) is 11.3 Å². The van der Waals surface area contributed by atoms with E-state index in [9.17, 15) is 0 Å². The molecule has 1 unspecified atom stereocenters. The maximum atomic E-state index is 4.63. The SMILES string of the molecule is Cc1ccc2sc(NCC3CC3(C)C)nc2c1. The summed E-state index contributed by atoms with van der Waals surface area (Å²) >= 11 is 1.75. The summed E-state index contributed by atoms with van der Waals surface area (Å²) in [4.78, 5) is 4.63. The van der Waals surface area contributed by atoms with Crippen molar-refractivity contribution in [3.63, 3.8) is 0 Å². The molecule has 1 aliphatic carbocycles. The van der Waals surface area contributed by atoms with Gasteiger partial charge in [0.05, 0.1) is 10.2 Å². The largest absolute Gasteiger partial charge is 0.361 e. The summed E-state index contributed by atoms with van der Waals surface area (Å²) in [5.74, 6) is 0.816. The molecule has 1 fully saturated rings. The fraction of sp³-hybridized carbons (Fsp3) is 0.500. The average molecular weight is 246 g/mol. The fourth-order valence-corrected chi connectivity index (χ4v) is 3.10. The van der Waals surface area contributed by atoms with Crippen LogP contribution in [0.15, 0.2) is 18.2 Å². The molecular formula is C14H18N2S. The molecule has 0 radical (unpaired) electrons. The Bertz CT molecular complexity index is 556. The number of aryl methyl sites for hydroxylation is 1. The van der Waals surface area contributed by atoms with Gasteiger partial charge in [-0.1, -0.05) is 31.3 Å². The lowest BCUT2D eigenvalue weighted by molar-refractivity contribution is 0.573. The van der Waals surface area contributed by atoms with Gasteiger partial charge in [-0.05, 0) is 42.4 Å². The van der Waals surface area contributed by atoms with E-state index in [2.05, 4.69) is 49.3 Å². The summed E-state index contributed by atoms with van der Waals surface area (Å²) in [5, 5.41) is 4.54. The predicted octanol–water partition coefficient (Wildman–Crippen LogP) is 4.06. The molecule has 0 amide bonds. The van der Waals surface area contributed by atoms with Crippen LogP contribution >= 0.6 is 11.3 Å². The minimum absolute atomic E-state index is 0.542. The first-order valence-corrected chi connectivity index (χ1v) is 6.97. The van der Waals surface area contributed by atoms with Crippen LogP contribution in [0.4, 0.5) is 5.13 Å². The van der Waals surface area contributed by atoms with E-state index in [0.29, 0.717) is 5.41 Å². The first-order chi connectivity index (χ1) is 8.04. The van der Waals surface area contributed by atoms with Crippen molar-refractivity contribution < 1.29 is 0 Å². The monoisotopic (exact) mass is 246 g/mol. The van der Waals surface area contributed by atoms with Crippen LogP contribution in [-0.4, -0.2) is 11.5 Å².